The number of nitrogens with two attached hydrogens (primary N) is 1. The summed E-state index contributed by atoms with van der Waals surface area (Å²) in [6.07, 6.45) is -1.82. The molecule has 3 heterocycles. The Kier molecular flexibility index (Phi) is 6.54. The van der Waals surface area contributed by atoms with Crippen LogP contribution in [-0.2, 0) is 20.5 Å². The van der Waals surface area contributed by atoms with E-state index in [4.69, 9.17) is 22.1 Å². The van der Waals surface area contributed by atoms with E-state index in [0.717, 1.165) is 12.3 Å². The molecule has 0 radical (unpaired) electrons. The second kappa shape index (κ2) is 9.29. The zero-order chi connectivity index (χ0) is 25.5. The minimum Gasteiger partial charge on any atom is -0.456 e. The predicted octanol–water partition coefficient (Wildman–Crippen LogP) is 4.05. The molecule has 2 N–H and O–H groups in total. The van der Waals surface area contributed by atoms with Crippen molar-refractivity contribution in [3.05, 3.63) is 64.2 Å². The molecule has 1 fully saturated rings. The average Bonchev–Trinajstić information content (AvgIpc) is 3.24. The van der Waals surface area contributed by atoms with Gasteiger partial charge in [0.25, 0.3) is 0 Å². The number of alkyl halides is 3. The van der Waals surface area contributed by atoms with E-state index < -0.39 is 54.0 Å². The van der Waals surface area contributed by atoms with E-state index in [1.54, 1.807) is 0 Å². The van der Waals surface area contributed by atoms with Gasteiger partial charge in [-0.05, 0) is 49.1 Å². The molecule has 2 aliphatic rings. The van der Waals surface area contributed by atoms with Crippen LogP contribution >= 0.6 is 11.6 Å². The molecule has 2 atom stereocenters. The summed E-state index contributed by atoms with van der Waals surface area (Å²) >= 11 is 5.85. The van der Waals surface area contributed by atoms with Crippen LogP contribution in [0, 0.1) is 5.82 Å². The number of hydrogen-bond donors (Lipinski definition) is 1. The van der Waals surface area contributed by atoms with Crippen molar-refractivity contribution in [3.63, 3.8) is 0 Å². The number of ketones is 1. The van der Waals surface area contributed by atoms with Crippen molar-refractivity contribution < 1.29 is 36.7 Å². The number of hydrogen-bond acceptors (Lipinski definition) is 6. The van der Waals surface area contributed by atoms with Crippen LogP contribution in [-0.4, -0.2) is 46.2 Å². The molecule has 1 unspecified atom stereocenters. The molecule has 0 aliphatic carbocycles. The van der Waals surface area contributed by atoms with Crippen molar-refractivity contribution in [2.24, 2.45) is 0 Å². The zero-order valence-electron chi connectivity index (χ0n) is 17.9. The molecule has 1 amide bonds. The van der Waals surface area contributed by atoms with Crippen molar-refractivity contribution in [1.29, 1.82) is 0 Å². The first-order valence-corrected chi connectivity index (χ1v) is 10.8. The third kappa shape index (κ3) is 4.86. The Bertz CT molecular complexity index is 1250. The smallest absolute Gasteiger partial charge is 0.433 e. The number of anilines is 1. The zero-order valence-corrected chi connectivity index (χ0v) is 18.7. The number of amides is 1. The Morgan fingerprint density at radius 3 is 2.69 bits per heavy atom. The second-order valence-electron chi connectivity index (χ2n) is 8.15. The number of benzene rings is 1. The molecule has 1 saturated heterocycles. The fourth-order valence-corrected chi connectivity index (χ4v) is 4.48. The van der Waals surface area contributed by atoms with Gasteiger partial charge in [-0.2, -0.15) is 13.2 Å². The van der Waals surface area contributed by atoms with Crippen molar-refractivity contribution in [2.75, 3.05) is 12.3 Å². The lowest BCUT2D eigenvalue weighted by atomic mass is 9.92. The van der Waals surface area contributed by atoms with Crippen LogP contribution in [0.1, 0.15) is 40.9 Å². The van der Waals surface area contributed by atoms with Crippen molar-refractivity contribution in [1.82, 2.24) is 9.88 Å². The number of rotatable bonds is 5. The van der Waals surface area contributed by atoms with Gasteiger partial charge >= 0.3 is 12.1 Å². The van der Waals surface area contributed by atoms with E-state index in [0.29, 0.717) is 18.1 Å². The van der Waals surface area contributed by atoms with E-state index in [1.165, 1.54) is 23.1 Å². The monoisotopic (exact) mass is 511 g/mol. The number of nitrogen functional groups attached to an aromatic ring is 1. The van der Waals surface area contributed by atoms with E-state index in [9.17, 15) is 31.9 Å². The van der Waals surface area contributed by atoms with Gasteiger partial charge in [0.05, 0.1) is 5.02 Å². The number of carbonyl (C=O) groups excluding carboxylic acids is 3. The van der Waals surface area contributed by atoms with Gasteiger partial charge in [-0.25, -0.2) is 9.18 Å². The summed E-state index contributed by atoms with van der Waals surface area (Å²) in [5.41, 5.74) is 4.85. The molecule has 2 aromatic rings. The highest BCUT2D eigenvalue weighted by atomic mass is 35.5. The summed E-state index contributed by atoms with van der Waals surface area (Å²) in [4.78, 5) is 42.2. The van der Waals surface area contributed by atoms with Gasteiger partial charge in [-0.3, -0.25) is 14.6 Å². The van der Waals surface area contributed by atoms with Crippen LogP contribution in [0.3, 0.4) is 0 Å². The number of ether oxygens (including phenoxy) is 1. The Balaban J connectivity index is 1.45. The quantitative estimate of drug-likeness (QED) is 0.281. The summed E-state index contributed by atoms with van der Waals surface area (Å²) in [5, 5.41) is -0.140. The maximum atomic E-state index is 14.6. The number of aromatic nitrogens is 1. The average molecular weight is 512 g/mol. The van der Waals surface area contributed by atoms with Crippen LogP contribution in [0.2, 0.25) is 5.02 Å². The minimum atomic E-state index is -4.73. The van der Waals surface area contributed by atoms with Gasteiger partial charge in [-0.1, -0.05) is 11.6 Å². The molecule has 184 valence electrons. The standard InChI is InChI=1S/C23H18ClF4N3O4/c24-14-2-3-15(29)20(21(14)25)12-7-13-1-4-16(31(13)19(33)9-12)22(34)35-10-17(32)11-5-6-30-18(8-11)23(26,27)28/h2-3,5-6,8-9,13,16H,1,4,7,10,29H2/t13?,16-/m0/s1. The van der Waals surface area contributed by atoms with Gasteiger partial charge in [-0.15, -0.1) is 0 Å². The second-order valence-corrected chi connectivity index (χ2v) is 8.56. The largest absolute Gasteiger partial charge is 0.456 e. The first kappa shape index (κ1) is 24.6. The summed E-state index contributed by atoms with van der Waals surface area (Å²) in [6.45, 7) is -0.797. The number of halogens is 5. The molecular weight excluding hydrogens is 494 g/mol. The molecule has 1 aromatic heterocycles. The number of Topliss-reactive ketones (excluding diaryl/α,β-unsaturated/α-hetero) is 1. The van der Waals surface area contributed by atoms with Gasteiger partial charge in [0.1, 0.15) is 11.7 Å². The van der Waals surface area contributed by atoms with Crippen molar-refractivity contribution in [3.8, 4) is 0 Å². The van der Waals surface area contributed by atoms with Gasteiger partial charge < -0.3 is 15.4 Å². The first-order chi connectivity index (χ1) is 16.5. The van der Waals surface area contributed by atoms with Crippen LogP contribution in [0.5, 0.6) is 0 Å². The van der Waals surface area contributed by atoms with Crippen molar-refractivity contribution in [2.45, 2.75) is 37.5 Å². The van der Waals surface area contributed by atoms with E-state index >= 15 is 0 Å². The van der Waals surface area contributed by atoms with E-state index in [1.807, 2.05) is 0 Å². The van der Waals surface area contributed by atoms with Crippen LogP contribution < -0.4 is 5.73 Å². The van der Waals surface area contributed by atoms with Crippen LogP contribution in [0.15, 0.2) is 36.5 Å². The molecule has 0 spiro atoms. The molecule has 0 bridgehead atoms. The SMILES string of the molecule is Nc1ccc(Cl)c(F)c1C1=CC(=O)N2C(CC[C@H]2C(=O)OCC(=O)c2ccnc(C(F)(F)F)c2)C1. The molecule has 7 nitrogen and oxygen atoms in total. The van der Waals surface area contributed by atoms with Gasteiger partial charge in [0.2, 0.25) is 5.91 Å². The van der Waals surface area contributed by atoms with Crippen LogP contribution in [0.4, 0.5) is 23.2 Å². The highest BCUT2D eigenvalue weighted by Gasteiger charge is 2.44. The Morgan fingerprint density at radius 2 is 1.97 bits per heavy atom. The summed E-state index contributed by atoms with van der Waals surface area (Å²) in [5.74, 6) is -2.99. The van der Waals surface area contributed by atoms with E-state index in [-0.39, 0.29) is 34.7 Å². The molecule has 35 heavy (non-hydrogen) atoms. The van der Waals surface area contributed by atoms with Crippen LogP contribution in [0.25, 0.3) is 5.57 Å². The molecule has 4 rings (SSSR count). The number of nitrogens with zero attached hydrogens (tertiary/aromatic N) is 2. The molecule has 0 saturated carbocycles. The maximum Gasteiger partial charge on any atom is 0.433 e. The third-order valence-electron chi connectivity index (χ3n) is 5.95. The number of carbonyl (C=O) groups is 3. The summed E-state index contributed by atoms with van der Waals surface area (Å²) in [7, 11) is 0. The van der Waals surface area contributed by atoms with E-state index in [2.05, 4.69) is 4.98 Å². The first-order valence-electron chi connectivity index (χ1n) is 10.5. The lowest BCUT2D eigenvalue weighted by Crippen LogP contribution is -2.47. The highest BCUT2D eigenvalue weighted by Crippen LogP contribution is 2.40. The number of pyridine rings is 1. The number of esters is 1. The molecular formula is C23H18ClF4N3O4. The lowest BCUT2D eigenvalue weighted by Gasteiger charge is -2.33. The minimum absolute atomic E-state index is 0.0395. The topological polar surface area (TPSA) is 103 Å². The fraction of sp³-hybridized carbons (Fsp3) is 0.304. The molecule has 2 aliphatic heterocycles. The highest BCUT2D eigenvalue weighted by molar-refractivity contribution is 6.31. The summed E-state index contributed by atoms with van der Waals surface area (Å²) in [6, 6.07) is 2.99. The molecule has 12 heteroatoms. The lowest BCUT2D eigenvalue weighted by molar-refractivity contribution is -0.152. The fourth-order valence-electron chi connectivity index (χ4n) is 4.33. The third-order valence-corrected chi connectivity index (χ3v) is 6.24. The maximum absolute atomic E-state index is 14.6. The Hall–Kier alpha value is -3.47. The van der Waals surface area contributed by atoms with Gasteiger partial charge in [0.15, 0.2) is 18.2 Å². The Labute approximate surface area is 201 Å². The van der Waals surface area contributed by atoms with Gasteiger partial charge in [0, 0.05) is 35.1 Å². The number of fused-ring (bicyclic) bond motifs is 1. The molecule has 1 aromatic carbocycles. The predicted molar refractivity (Wildman–Crippen MR) is 117 cm³/mol. The Morgan fingerprint density at radius 1 is 1.23 bits per heavy atom. The summed E-state index contributed by atoms with van der Waals surface area (Å²) < 4.78 is 58.0. The normalized spacial score (nSPS) is 19.9. The van der Waals surface area contributed by atoms with Crippen molar-refractivity contribution >= 4 is 40.5 Å².